The van der Waals surface area contributed by atoms with E-state index in [1.807, 2.05) is 6.07 Å². The summed E-state index contributed by atoms with van der Waals surface area (Å²) in [4.78, 5) is 0. The summed E-state index contributed by atoms with van der Waals surface area (Å²) >= 11 is 0. The van der Waals surface area contributed by atoms with Crippen LogP contribution in [0.15, 0.2) is 18.2 Å². The number of benzene rings is 1. The van der Waals surface area contributed by atoms with Crippen LogP contribution in [0.1, 0.15) is 55.4 Å². The zero-order valence-electron chi connectivity index (χ0n) is 15.7. The first-order valence-electron chi connectivity index (χ1n) is 8.38. The molecule has 0 unspecified atom stereocenters. The molecule has 0 heterocycles. The van der Waals surface area contributed by atoms with Crippen molar-refractivity contribution in [3.8, 4) is 17.2 Å². The molecular formula is C18H32O3P2. The molecule has 0 aliphatic heterocycles. The molecule has 0 atom stereocenters. The van der Waals surface area contributed by atoms with Gasteiger partial charge in [0.25, 0.3) is 0 Å². The van der Waals surface area contributed by atoms with E-state index in [4.69, 9.17) is 9.05 Å². The van der Waals surface area contributed by atoms with Crippen LogP contribution in [-0.2, 0) is 0 Å². The quantitative estimate of drug-likeness (QED) is 0.534. The molecule has 0 radical (unpaired) electrons. The van der Waals surface area contributed by atoms with Crippen LogP contribution in [0, 0.1) is 0 Å². The average molecular weight is 358 g/mol. The monoisotopic (exact) mass is 358 g/mol. The molecule has 0 aliphatic rings. The highest BCUT2D eigenvalue weighted by molar-refractivity contribution is 7.54. The molecule has 0 saturated heterocycles. The summed E-state index contributed by atoms with van der Waals surface area (Å²) in [6.45, 7) is 17.5. The Hall–Kier alpha value is -0.520. The van der Waals surface area contributed by atoms with Crippen molar-refractivity contribution in [3.05, 3.63) is 18.2 Å². The predicted molar refractivity (Wildman–Crippen MR) is 104 cm³/mol. The molecule has 0 fully saturated rings. The summed E-state index contributed by atoms with van der Waals surface area (Å²) in [6, 6.07) is 5.28. The summed E-state index contributed by atoms with van der Waals surface area (Å²) in [5, 5.41) is 10.0. The van der Waals surface area contributed by atoms with Crippen molar-refractivity contribution >= 4 is 16.3 Å². The number of phenols is 1. The molecule has 0 aliphatic carbocycles. The zero-order chi connectivity index (χ0) is 17.7. The molecule has 132 valence electrons. The average Bonchev–Trinajstić information content (AvgIpc) is 2.40. The topological polar surface area (TPSA) is 38.7 Å². The SMILES string of the molecule is CC(C)P(Oc1cc(O)cc(OP(C(C)C)C(C)C)c1)C(C)C. The first kappa shape index (κ1) is 20.5. The van der Waals surface area contributed by atoms with E-state index < -0.39 is 16.3 Å². The Bertz CT molecular complexity index is 431. The Kier molecular flexibility index (Phi) is 8.11. The van der Waals surface area contributed by atoms with E-state index in [1.165, 1.54) is 0 Å². The minimum absolute atomic E-state index is 0.197. The van der Waals surface area contributed by atoms with Crippen LogP contribution in [0.4, 0.5) is 0 Å². The van der Waals surface area contributed by atoms with E-state index in [2.05, 4.69) is 55.4 Å². The normalized spacial score (nSPS) is 12.3. The highest BCUT2D eigenvalue weighted by atomic mass is 31.1. The minimum atomic E-state index is -0.586. The molecule has 5 heteroatoms. The van der Waals surface area contributed by atoms with E-state index in [0.29, 0.717) is 34.1 Å². The van der Waals surface area contributed by atoms with E-state index in [1.54, 1.807) is 12.1 Å². The zero-order valence-corrected chi connectivity index (χ0v) is 17.5. The van der Waals surface area contributed by atoms with Gasteiger partial charge in [-0.3, -0.25) is 0 Å². The minimum Gasteiger partial charge on any atom is -0.508 e. The molecule has 0 aromatic heterocycles. The van der Waals surface area contributed by atoms with Gasteiger partial charge in [0.2, 0.25) is 0 Å². The Morgan fingerprint density at radius 2 is 0.957 bits per heavy atom. The Balaban J connectivity index is 2.99. The van der Waals surface area contributed by atoms with Crippen molar-refractivity contribution in [2.75, 3.05) is 0 Å². The number of hydrogen-bond donors (Lipinski definition) is 1. The van der Waals surface area contributed by atoms with Gasteiger partial charge >= 0.3 is 0 Å². The maximum absolute atomic E-state index is 10.0. The van der Waals surface area contributed by atoms with Gasteiger partial charge in [0.05, 0.1) is 16.3 Å². The molecule has 1 aromatic carbocycles. The van der Waals surface area contributed by atoms with Gasteiger partial charge in [-0.25, -0.2) is 0 Å². The molecule has 0 spiro atoms. The van der Waals surface area contributed by atoms with Gasteiger partial charge in [-0.15, -0.1) is 0 Å². The van der Waals surface area contributed by atoms with Crippen molar-refractivity contribution < 1.29 is 14.2 Å². The maximum atomic E-state index is 10.0. The molecule has 1 N–H and O–H groups in total. The molecule has 0 amide bonds. The van der Waals surface area contributed by atoms with Crippen LogP contribution < -0.4 is 9.05 Å². The van der Waals surface area contributed by atoms with Crippen LogP contribution in [0.2, 0.25) is 0 Å². The maximum Gasteiger partial charge on any atom is 0.130 e. The Morgan fingerprint density at radius 1 is 0.652 bits per heavy atom. The van der Waals surface area contributed by atoms with Crippen molar-refractivity contribution in [2.24, 2.45) is 0 Å². The first-order chi connectivity index (χ1) is 10.6. The predicted octanol–water partition coefficient (Wildman–Crippen LogP) is 6.58. The summed E-state index contributed by atoms with van der Waals surface area (Å²) < 4.78 is 12.4. The lowest BCUT2D eigenvalue weighted by molar-refractivity contribution is 0.465. The number of hydrogen-bond acceptors (Lipinski definition) is 3. The lowest BCUT2D eigenvalue weighted by Gasteiger charge is -2.27. The summed E-state index contributed by atoms with van der Waals surface area (Å²) in [6.07, 6.45) is 0. The molecular weight excluding hydrogens is 326 g/mol. The summed E-state index contributed by atoms with van der Waals surface area (Å²) in [7, 11) is -1.17. The second kappa shape index (κ2) is 9.09. The number of rotatable bonds is 8. The van der Waals surface area contributed by atoms with Crippen LogP contribution in [0.5, 0.6) is 17.2 Å². The largest absolute Gasteiger partial charge is 0.508 e. The summed E-state index contributed by atoms with van der Waals surface area (Å²) in [5.41, 5.74) is 1.89. The molecule has 0 saturated carbocycles. The standard InChI is InChI=1S/C18H32O3P2/c1-12(2)22(13(3)4)20-17-9-16(19)10-18(11-17)21-23(14(5)6)15(7)8/h9-15,19H,1-8H3. The second-order valence-electron chi connectivity index (χ2n) is 6.94. The van der Waals surface area contributed by atoms with E-state index in [-0.39, 0.29) is 5.75 Å². The fraction of sp³-hybridized carbons (Fsp3) is 0.667. The van der Waals surface area contributed by atoms with Gasteiger partial charge in [0.1, 0.15) is 17.2 Å². The van der Waals surface area contributed by atoms with Gasteiger partial charge in [0.15, 0.2) is 0 Å². The highest BCUT2D eigenvalue weighted by Crippen LogP contribution is 2.51. The van der Waals surface area contributed by atoms with Crippen LogP contribution >= 0.6 is 16.3 Å². The molecule has 23 heavy (non-hydrogen) atoms. The van der Waals surface area contributed by atoms with Gasteiger partial charge in [-0.1, -0.05) is 55.4 Å². The highest BCUT2D eigenvalue weighted by Gasteiger charge is 2.22. The molecule has 1 aromatic rings. The van der Waals surface area contributed by atoms with Gasteiger partial charge in [-0.2, -0.15) is 0 Å². The smallest absolute Gasteiger partial charge is 0.130 e. The Morgan fingerprint density at radius 3 is 1.22 bits per heavy atom. The van der Waals surface area contributed by atoms with Crippen LogP contribution in [-0.4, -0.2) is 27.7 Å². The van der Waals surface area contributed by atoms with Crippen molar-refractivity contribution in [1.29, 1.82) is 0 Å². The summed E-state index contributed by atoms with van der Waals surface area (Å²) in [5.74, 6) is 1.61. The second-order valence-corrected chi connectivity index (χ2v) is 12.9. The van der Waals surface area contributed by atoms with E-state index in [0.717, 1.165) is 0 Å². The molecule has 3 nitrogen and oxygen atoms in total. The third kappa shape index (κ3) is 6.48. The lowest BCUT2D eigenvalue weighted by Crippen LogP contribution is -2.09. The van der Waals surface area contributed by atoms with Gasteiger partial charge in [0, 0.05) is 40.8 Å². The lowest BCUT2D eigenvalue weighted by atomic mass is 10.3. The van der Waals surface area contributed by atoms with E-state index in [9.17, 15) is 5.11 Å². The first-order valence-corrected chi connectivity index (χ1v) is 11.2. The third-order valence-corrected chi connectivity index (χ3v) is 8.24. The van der Waals surface area contributed by atoms with Crippen molar-refractivity contribution in [2.45, 2.75) is 78.0 Å². The van der Waals surface area contributed by atoms with Gasteiger partial charge < -0.3 is 14.2 Å². The van der Waals surface area contributed by atoms with E-state index >= 15 is 0 Å². The van der Waals surface area contributed by atoms with Crippen LogP contribution in [0.25, 0.3) is 0 Å². The number of phenolic OH excluding ortho intramolecular Hbond substituents is 1. The fourth-order valence-corrected chi connectivity index (χ4v) is 6.45. The molecule has 1 rings (SSSR count). The van der Waals surface area contributed by atoms with Gasteiger partial charge in [-0.05, 0) is 0 Å². The van der Waals surface area contributed by atoms with Crippen molar-refractivity contribution in [1.82, 2.24) is 0 Å². The molecule has 0 bridgehead atoms. The Labute approximate surface area is 144 Å². The van der Waals surface area contributed by atoms with Crippen LogP contribution in [0.3, 0.4) is 0 Å². The number of aromatic hydroxyl groups is 1. The third-order valence-electron chi connectivity index (χ3n) is 3.32. The van der Waals surface area contributed by atoms with Crippen molar-refractivity contribution in [3.63, 3.8) is 0 Å². The fourth-order valence-electron chi connectivity index (χ4n) is 2.52.